The minimum Gasteiger partial charge on any atom is -0.507 e. The van der Waals surface area contributed by atoms with Crippen molar-refractivity contribution in [2.75, 3.05) is 13.1 Å². The number of phenols is 1. The highest BCUT2D eigenvalue weighted by Crippen LogP contribution is 2.43. The van der Waals surface area contributed by atoms with Gasteiger partial charge in [0, 0.05) is 38.9 Å². The Morgan fingerprint density at radius 1 is 1.41 bits per heavy atom. The van der Waals surface area contributed by atoms with Crippen molar-refractivity contribution in [3.63, 3.8) is 0 Å². The summed E-state index contributed by atoms with van der Waals surface area (Å²) in [5, 5.41) is 24.7. The van der Waals surface area contributed by atoms with Gasteiger partial charge in [0.1, 0.15) is 29.0 Å². The van der Waals surface area contributed by atoms with Gasteiger partial charge in [0.2, 0.25) is 0 Å². The summed E-state index contributed by atoms with van der Waals surface area (Å²) in [6.07, 6.45) is 2.61. The Kier molecular flexibility index (Phi) is 4.30. The van der Waals surface area contributed by atoms with E-state index in [1.54, 1.807) is 15.8 Å². The van der Waals surface area contributed by atoms with Crippen LogP contribution in [0.15, 0.2) is 24.4 Å². The first-order chi connectivity index (χ1) is 12.9. The fourth-order valence-corrected chi connectivity index (χ4v) is 3.89. The first kappa shape index (κ1) is 17.8. The molecule has 2 aromatic rings. The highest BCUT2D eigenvalue weighted by molar-refractivity contribution is 5.96. The molecule has 2 aliphatic rings. The van der Waals surface area contributed by atoms with E-state index in [1.165, 1.54) is 6.07 Å². The van der Waals surface area contributed by atoms with Gasteiger partial charge >= 0.3 is 0 Å². The Labute approximate surface area is 156 Å². The van der Waals surface area contributed by atoms with Gasteiger partial charge in [-0.3, -0.25) is 9.48 Å². The number of carbonyl (C=O) groups is 1. The van der Waals surface area contributed by atoms with E-state index in [-0.39, 0.29) is 11.3 Å². The summed E-state index contributed by atoms with van der Waals surface area (Å²) < 4.78 is 21.4. The molecular weight excluding hydrogens is 353 g/mol. The van der Waals surface area contributed by atoms with Crippen LogP contribution in [0.3, 0.4) is 0 Å². The van der Waals surface area contributed by atoms with Crippen LogP contribution in [-0.4, -0.2) is 49.5 Å². The molecule has 1 fully saturated rings. The van der Waals surface area contributed by atoms with Gasteiger partial charge in [-0.2, -0.15) is 5.10 Å². The molecule has 1 aromatic carbocycles. The van der Waals surface area contributed by atoms with Crippen molar-refractivity contribution in [1.29, 1.82) is 0 Å². The highest BCUT2D eigenvalue weighted by atomic mass is 19.1. The maximum absolute atomic E-state index is 13.4. The molecule has 4 rings (SSSR count). The molecule has 1 spiro atoms. The van der Waals surface area contributed by atoms with Crippen LogP contribution in [0.25, 0.3) is 0 Å². The second-order valence-corrected chi connectivity index (χ2v) is 7.19. The number of aliphatic hydroxyl groups is 1. The predicted molar refractivity (Wildman–Crippen MR) is 94.0 cm³/mol. The van der Waals surface area contributed by atoms with E-state index in [2.05, 4.69) is 5.10 Å². The number of amides is 1. The molecule has 8 heteroatoms. The third-order valence-corrected chi connectivity index (χ3v) is 5.44. The highest BCUT2D eigenvalue weighted by Gasteiger charge is 2.45. The van der Waals surface area contributed by atoms with E-state index in [1.807, 2.05) is 6.92 Å². The minimum atomic E-state index is -0.698. The summed E-state index contributed by atoms with van der Waals surface area (Å²) >= 11 is 0. The van der Waals surface area contributed by atoms with Crippen molar-refractivity contribution >= 4 is 5.91 Å². The summed E-state index contributed by atoms with van der Waals surface area (Å²) in [4.78, 5) is 14.2. The Morgan fingerprint density at radius 2 is 2.15 bits per heavy atom. The Bertz CT molecular complexity index is 874. The number of piperidine rings is 1. The van der Waals surface area contributed by atoms with Gasteiger partial charge in [-0.1, -0.05) is 0 Å². The van der Waals surface area contributed by atoms with Gasteiger partial charge in [0.05, 0.1) is 11.8 Å². The van der Waals surface area contributed by atoms with Crippen LogP contribution in [0.5, 0.6) is 11.5 Å². The van der Waals surface area contributed by atoms with E-state index in [0.29, 0.717) is 50.3 Å². The monoisotopic (exact) mass is 375 g/mol. The third-order valence-electron chi connectivity index (χ3n) is 5.44. The fourth-order valence-electron chi connectivity index (χ4n) is 3.89. The zero-order valence-corrected chi connectivity index (χ0v) is 15.1. The average molecular weight is 375 g/mol. The molecule has 2 N–H and O–H groups in total. The average Bonchev–Trinajstić information content (AvgIpc) is 3.07. The molecule has 0 saturated carbocycles. The number of aryl methyl sites for hydroxylation is 1. The smallest absolute Gasteiger partial charge is 0.257 e. The van der Waals surface area contributed by atoms with Crippen LogP contribution < -0.4 is 4.74 Å². The number of rotatable bonds is 2. The first-order valence-corrected chi connectivity index (χ1v) is 9.13. The molecule has 0 radical (unpaired) electrons. The Balaban J connectivity index is 1.49. The molecule has 144 valence electrons. The van der Waals surface area contributed by atoms with Crippen LogP contribution in [-0.2, 0) is 6.54 Å². The fraction of sp³-hybridized carbons (Fsp3) is 0.474. The number of benzene rings is 1. The zero-order chi connectivity index (χ0) is 19.2. The predicted octanol–water partition coefficient (Wildman–Crippen LogP) is 2.24. The standard InChI is InChI=1S/C19H22FN3O4/c1-2-23-11-16-17(21-23)15(25)10-19(27-16)5-7-22(8-6-19)18(26)13-9-12(20)3-4-14(13)24/h3-4,9,11,15,24-25H,2,5-8,10H2,1H3. The number of hydrogen-bond acceptors (Lipinski definition) is 5. The molecule has 7 nitrogen and oxygen atoms in total. The Hall–Kier alpha value is -2.61. The molecule has 1 unspecified atom stereocenters. The van der Waals surface area contributed by atoms with Gasteiger partial charge in [0.15, 0.2) is 5.75 Å². The number of fused-ring (bicyclic) bond motifs is 1. The lowest BCUT2D eigenvalue weighted by atomic mass is 9.83. The van der Waals surface area contributed by atoms with E-state index in [9.17, 15) is 19.4 Å². The van der Waals surface area contributed by atoms with E-state index >= 15 is 0 Å². The van der Waals surface area contributed by atoms with Crippen molar-refractivity contribution in [2.24, 2.45) is 0 Å². The first-order valence-electron chi connectivity index (χ1n) is 9.13. The summed E-state index contributed by atoms with van der Waals surface area (Å²) in [5.74, 6) is -0.609. The summed E-state index contributed by atoms with van der Waals surface area (Å²) in [6.45, 7) is 3.46. The molecule has 1 saturated heterocycles. The lowest BCUT2D eigenvalue weighted by Gasteiger charge is -2.44. The van der Waals surface area contributed by atoms with Crippen molar-refractivity contribution < 1.29 is 24.1 Å². The second kappa shape index (κ2) is 6.53. The number of aliphatic hydroxyl groups excluding tert-OH is 1. The van der Waals surface area contributed by atoms with Crippen molar-refractivity contribution in [3.05, 3.63) is 41.5 Å². The van der Waals surface area contributed by atoms with Crippen molar-refractivity contribution in [2.45, 2.75) is 44.4 Å². The summed E-state index contributed by atoms with van der Waals surface area (Å²) in [6, 6.07) is 3.35. The number of aromatic hydroxyl groups is 1. The maximum atomic E-state index is 13.4. The molecule has 1 amide bonds. The van der Waals surface area contributed by atoms with Crippen molar-refractivity contribution in [1.82, 2.24) is 14.7 Å². The lowest BCUT2D eigenvalue weighted by molar-refractivity contribution is -0.0504. The molecule has 2 aliphatic heterocycles. The Morgan fingerprint density at radius 3 is 2.85 bits per heavy atom. The molecule has 27 heavy (non-hydrogen) atoms. The van der Waals surface area contributed by atoms with Gasteiger partial charge in [-0.15, -0.1) is 0 Å². The van der Waals surface area contributed by atoms with E-state index in [4.69, 9.17) is 4.74 Å². The number of likely N-dealkylation sites (tertiary alicyclic amines) is 1. The molecule has 1 atom stereocenters. The van der Waals surface area contributed by atoms with Crippen LogP contribution >= 0.6 is 0 Å². The topological polar surface area (TPSA) is 87.8 Å². The number of hydrogen-bond donors (Lipinski definition) is 2. The molecule has 0 aliphatic carbocycles. The van der Waals surface area contributed by atoms with E-state index < -0.39 is 23.4 Å². The summed E-state index contributed by atoms with van der Waals surface area (Å²) in [7, 11) is 0. The molecule has 1 aromatic heterocycles. The number of halogens is 1. The largest absolute Gasteiger partial charge is 0.507 e. The molecule has 3 heterocycles. The van der Waals surface area contributed by atoms with Crippen LogP contribution in [0, 0.1) is 5.82 Å². The second-order valence-electron chi connectivity index (χ2n) is 7.19. The zero-order valence-electron chi connectivity index (χ0n) is 15.1. The van der Waals surface area contributed by atoms with E-state index in [0.717, 1.165) is 12.1 Å². The third kappa shape index (κ3) is 3.14. The SMILES string of the molecule is CCn1cc2c(n1)C(O)CC1(CCN(C(=O)c3cc(F)ccc3O)CC1)O2. The molecule has 0 bridgehead atoms. The van der Waals surface area contributed by atoms with Crippen LogP contribution in [0.1, 0.15) is 48.3 Å². The lowest BCUT2D eigenvalue weighted by Crippen LogP contribution is -2.51. The van der Waals surface area contributed by atoms with Crippen LogP contribution in [0.2, 0.25) is 0 Å². The summed E-state index contributed by atoms with van der Waals surface area (Å²) in [5.41, 5.74) is -0.0258. The van der Waals surface area contributed by atoms with Crippen molar-refractivity contribution in [3.8, 4) is 11.5 Å². The number of phenolic OH excluding ortho intramolecular Hbond substituents is 1. The minimum absolute atomic E-state index is 0.0398. The maximum Gasteiger partial charge on any atom is 0.257 e. The van der Waals surface area contributed by atoms with Gasteiger partial charge in [-0.05, 0) is 25.1 Å². The van der Waals surface area contributed by atoms with Gasteiger partial charge < -0.3 is 19.8 Å². The number of aromatic nitrogens is 2. The number of ether oxygens (including phenoxy) is 1. The van der Waals surface area contributed by atoms with Gasteiger partial charge in [0.25, 0.3) is 5.91 Å². The molecular formula is C19H22FN3O4. The number of carbonyl (C=O) groups excluding carboxylic acids is 1. The van der Waals surface area contributed by atoms with Gasteiger partial charge in [-0.25, -0.2) is 4.39 Å². The van der Waals surface area contributed by atoms with Crippen LogP contribution in [0.4, 0.5) is 4.39 Å². The normalized spacial score (nSPS) is 21.0. The quantitative estimate of drug-likeness (QED) is 0.841. The number of nitrogens with zero attached hydrogens (tertiary/aromatic N) is 3.